The van der Waals surface area contributed by atoms with E-state index in [2.05, 4.69) is 10.1 Å². The van der Waals surface area contributed by atoms with Crippen LogP contribution in [-0.2, 0) is 9.84 Å². The van der Waals surface area contributed by atoms with Crippen molar-refractivity contribution in [1.82, 2.24) is 10.1 Å². The normalized spacial score (nSPS) is 17.1. The molecule has 28 heavy (non-hydrogen) atoms. The number of anilines is 1. The lowest BCUT2D eigenvalue weighted by Gasteiger charge is -2.33. The Morgan fingerprint density at radius 2 is 1.93 bits per heavy atom. The first-order valence-corrected chi connectivity index (χ1v) is 11.3. The molecule has 0 bridgehead atoms. The van der Waals surface area contributed by atoms with Gasteiger partial charge in [-0.2, -0.15) is 4.98 Å². The summed E-state index contributed by atoms with van der Waals surface area (Å²) in [5.74, 6) is 0.249. The molecule has 3 rings (SSSR count). The lowest BCUT2D eigenvalue weighted by Crippen LogP contribution is -2.39. The van der Waals surface area contributed by atoms with Gasteiger partial charge in [0.2, 0.25) is 0 Å². The molecule has 1 aliphatic heterocycles. The molecule has 1 fully saturated rings. The number of hydrogen-bond donors (Lipinski definition) is 0. The molecule has 0 amide bonds. The van der Waals surface area contributed by atoms with Gasteiger partial charge in [-0.15, -0.1) is 0 Å². The molecular weight excluding hydrogens is 385 g/mol. The van der Waals surface area contributed by atoms with E-state index < -0.39 is 15.7 Å². The van der Waals surface area contributed by atoms with Gasteiger partial charge in [-0.05, 0) is 37.8 Å². The van der Waals surface area contributed by atoms with E-state index in [1.54, 1.807) is 0 Å². The van der Waals surface area contributed by atoms with Crippen LogP contribution in [-0.4, -0.2) is 44.0 Å². The van der Waals surface area contributed by atoms with Gasteiger partial charge in [0.25, 0.3) is 0 Å². The summed E-state index contributed by atoms with van der Waals surface area (Å²) in [6.07, 6.45) is 2.39. The molecule has 0 aliphatic carbocycles. The molecule has 7 nitrogen and oxygen atoms in total. The van der Waals surface area contributed by atoms with Crippen molar-refractivity contribution in [2.24, 2.45) is 5.92 Å². The van der Waals surface area contributed by atoms with Crippen LogP contribution in [0.15, 0.2) is 27.6 Å². The van der Waals surface area contributed by atoms with E-state index in [1.165, 1.54) is 18.2 Å². The average Bonchev–Trinajstić information content (AvgIpc) is 3.13. The predicted octanol–water partition coefficient (Wildman–Crippen LogP) is 3.42. The molecule has 1 aliphatic rings. The summed E-state index contributed by atoms with van der Waals surface area (Å²) in [5.41, 5.74) is 0. The highest BCUT2D eigenvalue weighted by molar-refractivity contribution is 7.90. The maximum atomic E-state index is 14.5. The van der Waals surface area contributed by atoms with Crippen LogP contribution in [0.25, 0.3) is 0 Å². The van der Waals surface area contributed by atoms with Gasteiger partial charge >= 0.3 is 6.01 Å². The van der Waals surface area contributed by atoms with Crippen LogP contribution < -0.4 is 9.64 Å². The van der Waals surface area contributed by atoms with Crippen LogP contribution in [0.2, 0.25) is 0 Å². The smallest absolute Gasteiger partial charge is 0.324 e. The van der Waals surface area contributed by atoms with Crippen LogP contribution in [0.1, 0.15) is 45.4 Å². The van der Waals surface area contributed by atoms with Crippen LogP contribution in [0.3, 0.4) is 0 Å². The SMILES string of the molecule is CC(C)c1noc(N2CCC(C(C)Oc3cccc(S(C)(=O)=O)c3F)CC2)n1. The summed E-state index contributed by atoms with van der Waals surface area (Å²) in [7, 11) is -3.64. The number of halogens is 1. The molecule has 0 saturated carbocycles. The quantitative estimate of drug-likeness (QED) is 0.720. The number of rotatable bonds is 6. The largest absolute Gasteiger partial charge is 0.487 e. The van der Waals surface area contributed by atoms with Crippen molar-refractivity contribution in [3.8, 4) is 5.75 Å². The molecule has 1 atom stereocenters. The molecular formula is C19H26FN3O4S. The van der Waals surface area contributed by atoms with Crippen LogP contribution in [0, 0.1) is 11.7 Å². The molecule has 2 heterocycles. The molecule has 1 aromatic heterocycles. The fraction of sp³-hybridized carbons (Fsp3) is 0.579. The number of nitrogens with zero attached hydrogens (tertiary/aromatic N) is 3. The maximum Gasteiger partial charge on any atom is 0.324 e. The Labute approximate surface area is 164 Å². The van der Waals surface area contributed by atoms with Crippen molar-refractivity contribution in [3.05, 3.63) is 29.8 Å². The number of sulfone groups is 1. The van der Waals surface area contributed by atoms with Gasteiger partial charge in [0.15, 0.2) is 27.2 Å². The minimum atomic E-state index is -3.64. The fourth-order valence-corrected chi connectivity index (χ4v) is 4.07. The number of hydrogen-bond acceptors (Lipinski definition) is 7. The van der Waals surface area contributed by atoms with Crippen LogP contribution in [0.4, 0.5) is 10.4 Å². The first kappa shape index (κ1) is 20.6. The molecule has 0 radical (unpaired) electrons. The highest BCUT2D eigenvalue weighted by Gasteiger charge is 2.29. The Balaban J connectivity index is 1.62. The van der Waals surface area contributed by atoms with E-state index in [0.29, 0.717) is 11.8 Å². The zero-order valence-corrected chi connectivity index (χ0v) is 17.4. The zero-order chi connectivity index (χ0) is 20.5. The van der Waals surface area contributed by atoms with E-state index >= 15 is 0 Å². The van der Waals surface area contributed by atoms with Crippen LogP contribution in [0.5, 0.6) is 5.75 Å². The van der Waals surface area contributed by atoms with Gasteiger partial charge in [0, 0.05) is 25.3 Å². The van der Waals surface area contributed by atoms with Crippen molar-refractivity contribution >= 4 is 15.9 Å². The fourth-order valence-electron chi connectivity index (χ4n) is 3.31. The Morgan fingerprint density at radius 3 is 2.50 bits per heavy atom. The predicted molar refractivity (Wildman–Crippen MR) is 103 cm³/mol. The molecule has 1 saturated heterocycles. The van der Waals surface area contributed by atoms with Crippen molar-refractivity contribution in [2.75, 3.05) is 24.2 Å². The van der Waals surface area contributed by atoms with Gasteiger partial charge in [0.05, 0.1) is 6.10 Å². The molecule has 1 aromatic carbocycles. The minimum Gasteiger partial charge on any atom is -0.487 e. The minimum absolute atomic E-state index is 0.0312. The Hall–Kier alpha value is -2.16. The lowest BCUT2D eigenvalue weighted by molar-refractivity contribution is 0.126. The maximum absolute atomic E-state index is 14.5. The second kappa shape index (κ2) is 8.06. The third-order valence-corrected chi connectivity index (χ3v) is 6.18. The summed E-state index contributed by atoms with van der Waals surface area (Å²) in [4.78, 5) is 6.13. The van der Waals surface area contributed by atoms with Crippen LogP contribution >= 0.6 is 0 Å². The standard InChI is InChI=1S/C19H26FN3O4S/c1-12(2)18-21-19(27-22-18)23-10-8-14(9-11-23)13(3)26-15-6-5-7-16(17(15)20)28(4,24)25/h5-7,12-14H,8-11H2,1-4H3. The topological polar surface area (TPSA) is 85.5 Å². The first-order chi connectivity index (χ1) is 13.2. The first-order valence-electron chi connectivity index (χ1n) is 9.40. The van der Waals surface area contributed by atoms with Crippen molar-refractivity contribution in [3.63, 3.8) is 0 Å². The van der Waals surface area contributed by atoms with Gasteiger partial charge in [-0.3, -0.25) is 0 Å². The number of piperidine rings is 1. The summed E-state index contributed by atoms with van der Waals surface area (Å²) < 4.78 is 49.0. The molecule has 9 heteroatoms. The molecule has 0 spiro atoms. The van der Waals surface area contributed by atoms with Gasteiger partial charge in [-0.25, -0.2) is 12.8 Å². The Bertz CT molecular complexity index is 921. The van der Waals surface area contributed by atoms with E-state index in [1.807, 2.05) is 25.7 Å². The summed E-state index contributed by atoms with van der Waals surface area (Å²) in [5, 5.41) is 4.00. The second-order valence-electron chi connectivity index (χ2n) is 7.58. The van der Waals surface area contributed by atoms with Crippen molar-refractivity contribution in [1.29, 1.82) is 0 Å². The van der Waals surface area contributed by atoms with Crippen molar-refractivity contribution < 1.29 is 22.1 Å². The molecule has 1 unspecified atom stereocenters. The molecule has 0 N–H and O–H groups in total. The van der Waals surface area contributed by atoms with Gasteiger partial charge < -0.3 is 14.2 Å². The Kier molecular flexibility index (Phi) is 5.92. The third kappa shape index (κ3) is 4.45. The Morgan fingerprint density at radius 1 is 1.25 bits per heavy atom. The highest BCUT2D eigenvalue weighted by Crippen LogP contribution is 2.30. The van der Waals surface area contributed by atoms with E-state index in [9.17, 15) is 12.8 Å². The molecule has 2 aromatic rings. The van der Waals surface area contributed by atoms with E-state index in [0.717, 1.165) is 32.2 Å². The van der Waals surface area contributed by atoms with Gasteiger partial charge in [-0.1, -0.05) is 25.1 Å². The molecule has 154 valence electrons. The zero-order valence-electron chi connectivity index (χ0n) is 16.6. The number of ether oxygens (including phenoxy) is 1. The van der Waals surface area contributed by atoms with E-state index in [-0.39, 0.29) is 28.6 Å². The number of aromatic nitrogens is 2. The van der Waals surface area contributed by atoms with E-state index in [4.69, 9.17) is 9.26 Å². The van der Waals surface area contributed by atoms with Crippen molar-refractivity contribution in [2.45, 2.75) is 50.5 Å². The second-order valence-corrected chi connectivity index (χ2v) is 9.56. The summed E-state index contributed by atoms with van der Waals surface area (Å²) in [6.45, 7) is 7.39. The monoisotopic (exact) mass is 411 g/mol. The summed E-state index contributed by atoms with van der Waals surface area (Å²) in [6, 6.07) is 4.73. The third-order valence-electron chi connectivity index (χ3n) is 5.06. The summed E-state index contributed by atoms with van der Waals surface area (Å²) >= 11 is 0. The highest BCUT2D eigenvalue weighted by atomic mass is 32.2. The van der Waals surface area contributed by atoms with Gasteiger partial charge in [0.1, 0.15) is 4.90 Å². The average molecular weight is 411 g/mol. The number of benzene rings is 1. The lowest BCUT2D eigenvalue weighted by atomic mass is 9.92.